The van der Waals surface area contributed by atoms with Crippen molar-refractivity contribution < 1.29 is 22.7 Å². The molecule has 0 aromatic heterocycles. The van der Waals surface area contributed by atoms with Crippen molar-refractivity contribution in [2.75, 3.05) is 20.7 Å². The van der Waals surface area contributed by atoms with E-state index in [1.165, 1.54) is 6.07 Å². The van der Waals surface area contributed by atoms with Gasteiger partial charge in [-0.25, -0.2) is 0 Å². The molecule has 0 aliphatic carbocycles. The lowest BCUT2D eigenvalue weighted by Gasteiger charge is -2.15. The number of hydrogen-bond acceptors (Lipinski definition) is 3. The van der Waals surface area contributed by atoms with Crippen molar-refractivity contribution in [3.63, 3.8) is 0 Å². The lowest BCUT2D eigenvalue weighted by molar-refractivity contribution is -0.137. The van der Waals surface area contributed by atoms with Crippen molar-refractivity contribution >= 4 is 23.0 Å². The van der Waals surface area contributed by atoms with E-state index in [9.17, 15) is 18.0 Å². The highest BCUT2D eigenvalue weighted by atomic mass is 35.5. The smallest absolute Gasteiger partial charge is 0.417 e. The third-order valence-electron chi connectivity index (χ3n) is 2.80. The van der Waals surface area contributed by atoms with Crippen molar-refractivity contribution in [1.29, 1.82) is 0 Å². The Bertz CT molecular complexity index is 594. The normalized spacial score (nSPS) is 15.6. The molecule has 0 atom stereocenters. The zero-order chi connectivity index (χ0) is 15.1. The summed E-state index contributed by atoms with van der Waals surface area (Å²) < 4.78 is 43.7. The number of nitrogens with zero attached hydrogens (tertiary/aromatic N) is 1. The summed E-state index contributed by atoms with van der Waals surface area (Å²) in [5.41, 5.74) is -0.688. The highest BCUT2D eigenvalue weighted by Crippen LogP contribution is 2.37. The third-order valence-corrected chi connectivity index (χ3v) is 3.13. The maximum atomic E-state index is 12.8. The number of hydrogen-bond donors (Lipinski definition) is 0. The molecule has 1 aromatic rings. The van der Waals surface area contributed by atoms with E-state index in [4.69, 9.17) is 16.3 Å². The number of halogens is 4. The Balaban J connectivity index is 2.59. The molecule has 0 bridgehead atoms. The standard InChI is InChI=1S/C13H11ClF3NO2/c1-18(2)12-11(10(19)6-20-12)7-3-4-9(14)8(5-7)13(15,16)17/h3-5H,6H2,1-2H3. The Hall–Kier alpha value is -1.69. The van der Waals surface area contributed by atoms with E-state index in [0.29, 0.717) is 0 Å². The monoisotopic (exact) mass is 305 g/mol. The van der Waals surface area contributed by atoms with Crippen LogP contribution in [-0.2, 0) is 15.7 Å². The molecule has 1 heterocycles. The molecule has 0 radical (unpaired) electrons. The number of carbonyl (C=O) groups is 1. The summed E-state index contributed by atoms with van der Waals surface area (Å²) in [5, 5.41) is -0.403. The minimum absolute atomic E-state index is 0.136. The van der Waals surface area contributed by atoms with Crippen molar-refractivity contribution in [2.45, 2.75) is 6.18 Å². The largest absolute Gasteiger partial charge is 0.470 e. The molecule has 1 aromatic carbocycles. The van der Waals surface area contributed by atoms with Gasteiger partial charge in [-0.1, -0.05) is 17.7 Å². The average molecular weight is 306 g/mol. The zero-order valence-corrected chi connectivity index (χ0v) is 11.5. The number of benzene rings is 1. The number of rotatable bonds is 2. The van der Waals surface area contributed by atoms with Crippen LogP contribution in [0.25, 0.3) is 5.57 Å². The SMILES string of the molecule is CN(C)C1=C(c2ccc(Cl)c(C(F)(F)F)c2)C(=O)CO1. The summed E-state index contributed by atoms with van der Waals surface area (Å²) in [6.45, 7) is -0.174. The fourth-order valence-electron chi connectivity index (χ4n) is 1.93. The van der Waals surface area contributed by atoms with Gasteiger partial charge in [0, 0.05) is 14.1 Å². The number of ketones is 1. The van der Waals surface area contributed by atoms with Gasteiger partial charge in [0.25, 0.3) is 0 Å². The third kappa shape index (κ3) is 2.60. The molecular weight excluding hydrogens is 295 g/mol. The van der Waals surface area contributed by atoms with Gasteiger partial charge in [0.2, 0.25) is 11.7 Å². The van der Waals surface area contributed by atoms with Crippen LogP contribution in [0.1, 0.15) is 11.1 Å². The van der Waals surface area contributed by atoms with E-state index in [1.54, 1.807) is 19.0 Å². The summed E-state index contributed by atoms with van der Waals surface area (Å²) in [7, 11) is 3.29. The van der Waals surface area contributed by atoms with Crippen molar-refractivity contribution in [3.8, 4) is 0 Å². The Kier molecular flexibility index (Phi) is 3.69. The first kappa shape index (κ1) is 14.7. The zero-order valence-electron chi connectivity index (χ0n) is 10.7. The van der Waals surface area contributed by atoms with E-state index in [-0.39, 0.29) is 29.4 Å². The summed E-state index contributed by atoms with van der Waals surface area (Å²) in [4.78, 5) is 13.4. The van der Waals surface area contributed by atoms with Gasteiger partial charge in [-0.3, -0.25) is 4.79 Å². The predicted molar refractivity (Wildman–Crippen MR) is 68.0 cm³/mol. The molecule has 0 saturated carbocycles. The van der Waals surface area contributed by atoms with Gasteiger partial charge in [0.15, 0.2) is 6.61 Å². The topological polar surface area (TPSA) is 29.5 Å². The second-order valence-electron chi connectivity index (χ2n) is 4.48. The van der Waals surface area contributed by atoms with Gasteiger partial charge < -0.3 is 9.64 Å². The molecule has 20 heavy (non-hydrogen) atoms. The summed E-state index contributed by atoms with van der Waals surface area (Å²) in [5.74, 6) is -0.102. The maximum Gasteiger partial charge on any atom is 0.417 e. The molecule has 0 saturated heterocycles. The van der Waals surface area contributed by atoms with Crippen LogP contribution in [0.15, 0.2) is 24.1 Å². The van der Waals surface area contributed by atoms with Crippen LogP contribution in [0, 0.1) is 0 Å². The lowest BCUT2D eigenvalue weighted by atomic mass is 10.0. The van der Waals surface area contributed by atoms with Crippen LogP contribution in [-0.4, -0.2) is 31.4 Å². The number of Topliss-reactive ketones (excluding diaryl/α,β-unsaturated/α-hetero) is 1. The number of carbonyl (C=O) groups excluding carboxylic acids is 1. The average Bonchev–Trinajstić information content (AvgIpc) is 2.70. The molecular formula is C13H11ClF3NO2. The van der Waals surface area contributed by atoms with Crippen molar-refractivity contribution in [1.82, 2.24) is 4.90 Å². The Morgan fingerprint density at radius 1 is 1.30 bits per heavy atom. The van der Waals surface area contributed by atoms with Crippen LogP contribution in [0.2, 0.25) is 5.02 Å². The van der Waals surface area contributed by atoms with Crippen LogP contribution < -0.4 is 0 Å². The minimum atomic E-state index is -4.57. The van der Waals surface area contributed by atoms with Gasteiger partial charge in [-0.05, 0) is 17.7 Å². The van der Waals surface area contributed by atoms with Crippen LogP contribution >= 0.6 is 11.6 Å². The van der Waals surface area contributed by atoms with Gasteiger partial charge in [0.1, 0.15) is 0 Å². The highest BCUT2D eigenvalue weighted by Gasteiger charge is 2.35. The molecule has 1 aliphatic heterocycles. The molecule has 7 heteroatoms. The molecule has 3 nitrogen and oxygen atoms in total. The van der Waals surface area contributed by atoms with Crippen molar-refractivity contribution in [2.24, 2.45) is 0 Å². The van der Waals surface area contributed by atoms with Gasteiger partial charge in [-0.15, -0.1) is 0 Å². The van der Waals surface area contributed by atoms with E-state index in [1.807, 2.05) is 0 Å². The first-order valence-electron chi connectivity index (χ1n) is 5.66. The maximum absolute atomic E-state index is 12.8. The van der Waals surface area contributed by atoms with E-state index < -0.39 is 16.8 Å². The quantitative estimate of drug-likeness (QED) is 0.840. The molecule has 0 amide bonds. The number of alkyl halides is 3. The summed E-state index contributed by atoms with van der Waals surface area (Å²) in [6, 6.07) is 3.38. The van der Waals surface area contributed by atoms with Crippen LogP contribution in [0.3, 0.4) is 0 Å². The predicted octanol–water partition coefficient (Wildman–Crippen LogP) is 3.19. The van der Waals surface area contributed by atoms with Gasteiger partial charge in [-0.2, -0.15) is 13.2 Å². The second kappa shape index (κ2) is 5.01. The summed E-state index contributed by atoms with van der Waals surface area (Å²) in [6.07, 6.45) is -4.57. The Morgan fingerprint density at radius 3 is 2.50 bits per heavy atom. The van der Waals surface area contributed by atoms with Crippen molar-refractivity contribution in [3.05, 3.63) is 40.2 Å². The van der Waals surface area contributed by atoms with Crippen LogP contribution in [0.5, 0.6) is 0 Å². The highest BCUT2D eigenvalue weighted by molar-refractivity contribution is 6.31. The molecule has 108 valence electrons. The Morgan fingerprint density at radius 2 is 1.95 bits per heavy atom. The lowest BCUT2D eigenvalue weighted by Crippen LogP contribution is -2.13. The number of ether oxygens (including phenoxy) is 1. The minimum Gasteiger partial charge on any atom is -0.470 e. The fraction of sp³-hybridized carbons (Fsp3) is 0.308. The van der Waals surface area contributed by atoms with Gasteiger partial charge in [0.05, 0.1) is 16.2 Å². The molecule has 0 N–H and O–H groups in total. The van der Waals surface area contributed by atoms with E-state index >= 15 is 0 Å². The molecule has 0 spiro atoms. The van der Waals surface area contributed by atoms with E-state index in [0.717, 1.165) is 12.1 Å². The summed E-state index contributed by atoms with van der Waals surface area (Å²) >= 11 is 5.56. The van der Waals surface area contributed by atoms with Crippen LogP contribution in [0.4, 0.5) is 13.2 Å². The molecule has 2 rings (SSSR count). The first-order chi connectivity index (χ1) is 9.21. The molecule has 0 fully saturated rings. The molecule has 1 aliphatic rings. The first-order valence-corrected chi connectivity index (χ1v) is 6.04. The second-order valence-corrected chi connectivity index (χ2v) is 4.89. The Labute approximate surface area is 118 Å². The van der Waals surface area contributed by atoms with E-state index in [2.05, 4.69) is 0 Å². The van der Waals surface area contributed by atoms with Gasteiger partial charge >= 0.3 is 6.18 Å². The molecule has 0 unspecified atom stereocenters. The fourth-order valence-corrected chi connectivity index (χ4v) is 2.16.